The molecule has 0 saturated heterocycles. The lowest BCUT2D eigenvalue weighted by Crippen LogP contribution is -2.47. The highest BCUT2D eigenvalue weighted by Gasteiger charge is 2.40. The minimum Gasteiger partial charge on any atom is -0.372 e. The number of hydrogen-bond acceptors (Lipinski definition) is 4. The number of thiol groups is 1. The van der Waals surface area contributed by atoms with Gasteiger partial charge in [-0.1, -0.05) is 41.5 Å². The highest BCUT2D eigenvalue weighted by molar-refractivity contribution is 7.67. The molecule has 0 spiro atoms. The fourth-order valence-corrected chi connectivity index (χ4v) is 2.50. The van der Waals surface area contributed by atoms with Crippen molar-refractivity contribution in [1.29, 1.82) is 0 Å². The second-order valence-corrected chi connectivity index (χ2v) is 8.87. The summed E-state index contributed by atoms with van der Waals surface area (Å²) in [5.41, 5.74) is -0.683. The topological polar surface area (TPSA) is 52.6 Å². The molecule has 21 heavy (non-hydrogen) atoms. The van der Waals surface area contributed by atoms with Crippen molar-refractivity contribution < 1.29 is 17.3 Å². The minimum atomic E-state index is -2.82. The summed E-state index contributed by atoms with van der Waals surface area (Å²) >= 11 is 0. The van der Waals surface area contributed by atoms with Gasteiger partial charge < -0.3 is 4.74 Å². The lowest BCUT2D eigenvalue weighted by Gasteiger charge is -2.44. The fourth-order valence-electron chi connectivity index (χ4n) is 2.07. The lowest BCUT2D eigenvalue weighted by molar-refractivity contribution is -0.149. The summed E-state index contributed by atoms with van der Waals surface area (Å²) in [6, 6.07) is 0. The van der Waals surface area contributed by atoms with Crippen LogP contribution >= 0.6 is 0 Å². The SMILES string of the molecule is CC(CC(C)(C)C(C)C)OC(C)(C)C(C)(C)CO[SH](=O)=O. The second-order valence-electron chi connectivity index (χ2n) is 8.17. The summed E-state index contributed by atoms with van der Waals surface area (Å²) in [5.74, 6) is 0.576. The lowest BCUT2D eigenvalue weighted by atomic mass is 9.75. The molecule has 0 aromatic rings. The predicted molar refractivity (Wildman–Crippen MR) is 87.9 cm³/mol. The highest BCUT2D eigenvalue weighted by atomic mass is 32.2. The molecule has 0 aliphatic carbocycles. The standard InChI is InChI=1S/C16H34O4S/c1-12(2)14(4,5)10-13(3)20-16(8,9)15(6,7)11-19-21(17)18/h12-13,21H,10-11H2,1-9H3. The molecule has 0 aromatic carbocycles. The molecular formula is C16H34O4S. The monoisotopic (exact) mass is 322 g/mol. The molecule has 0 aliphatic heterocycles. The Hall–Kier alpha value is -0.130. The average Bonchev–Trinajstić information content (AvgIpc) is 2.24. The van der Waals surface area contributed by atoms with E-state index in [2.05, 4.69) is 34.6 Å². The quantitative estimate of drug-likeness (QED) is 0.656. The molecule has 0 radical (unpaired) electrons. The number of rotatable bonds is 9. The Morgan fingerprint density at radius 1 is 0.952 bits per heavy atom. The van der Waals surface area contributed by atoms with Crippen molar-refractivity contribution in [2.75, 3.05) is 6.61 Å². The predicted octanol–water partition coefficient (Wildman–Crippen LogP) is 3.81. The third-order valence-corrected chi connectivity index (χ3v) is 5.37. The van der Waals surface area contributed by atoms with Crippen molar-refractivity contribution in [1.82, 2.24) is 0 Å². The van der Waals surface area contributed by atoms with Gasteiger partial charge in [-0.15, -0.1) is 0 Å². The molecule has 0 rings (SSSR count). The summed E-state index contributed by atoms with van der Waals surface area (Å²) in [4.78, 5) is 0. The number of hydrogen-bond donors (Lipinski definition) is 1. The Balaban J connectivity index is 4.78. The molecule has 0 heterocycles. The molecule has 0 amide bonds. The molecule has 4 nitrogen and oxygen atoms in total. The van der Waals surface area contributed by atoms with Crippen LogP contribution in [0, 0.1) is 16.7 Å². The zero-order valence-electron chi connectivity index (χ0n) is 15.1. The van der Waals surface area contributed by atoms with Gasteiger partial charge in [-0.3, -0.25) is 4.18 Å². The molecule has 0 fully saturated rings. The van der Waals surface area contributed by atoms with E-state index in [1.807, 2.05) is 27.7 Å². The van der Waals surface area contributed by atoms with Crippen LogP contribution in [0.3, 0.4) is 0 Å². The van der Waals surface area contributed by atoms with Gasteiger partial charge in [0, 0.05) is 5.41 Å². The number of ether oxygens (including phenoxy) is 1. The largest absolute Gasteiger partial charge is 0.372 e. The molecule has 0 bridgehead atoms. The van der Waals surface area contributed by atoms with Gasteiger partial charge >= 0.3 is 0 Å². The summed E-state index contributed by atoms with van der Waals surface area (Å²) in [6.45, 7) is 19.1. The molecule has 128 valence electrons. The van der Waals surface area contributed by atoms with Crippen LogP contribution in [0.5, 0.6) is 0 Å². The highest BCUT2D eigenvalue weighted by Crippen LogP contribution is 2.38. The first-order valence-electron chi connectivity index (χ1n) is 7.66. The first-order valence-corrected chi connectivity index (χ1v) is 8.76. The van der Waals surface area contributed by atoms with E-state index in [-0.39, 0.29) is 18.1 Å². The van der Waals surface area contributed by atoms with Crippen molar-refractivity contribution in [2.24, 2.45) is 16.7 Å². The summed E-state index contributed by atoms with van der Waals surface area (Å²) in [7, 11) is -2.82. The first-order chi connectivity index (χ1) is 9.21. The van der Waals surface area contributed by atoms with E-state index in [0.717, 1.165) is 6.42 Å². The van der Waals surface area contributed by atoms with Crippen LogP contribution in [0.25, 0.3) is 0 Å². The minimum absolute atomic E-state index is 0.0951. The van der Waals surface area contributed by atoms with Crippen LogP contribution in [0.2, 0.25) is 0 Å². The molecule has 0 aliphatic rings. The van der Waals surface area contributed by atoms with Crippen LogP contribution in [0.1, 0.15) is 68.7 Å². The maximum atomic E-state index is 10.6. The third-order valence-electron chi connectivity index (χ3n) is 5.03. The van der Waals surface area contributed by atoms with Gasteiger partial charge in [0.2, 0.25) is 0 Å². The molecule has 0 N–H and O–H groups in total. The van der Waals surface area contributed by atoms with Crippen LogP contribution < -0.4 is 0 Å². The van der Waals surface area contributed by atoms with E-state index in [4.69, 9.17) is 8.92 Å². The van der Waals surface area contributed by atoms with Crippen molar-refractivity contribution in [2.45, 2.75) is 80.4 Å². The Kier molecular flexibility index (Phi) is 7.38. The Labute approximate surface area is 132 Å². The molecule has 1 unspecified atom stereocenters. The summed E-state index contributed by atoms with van der Waals surface area (Å²) < 4.78 is 32.3. The van der Waals surface area contributed by atoms with Crippen LogP contribution in [-0.4, -0.2) is 26.7 Å². The zero-order valence-corrected chi connectivity index (χ0v) is 16.0. The van der Waals surface area contributed by atoms with E-state index >= 15 is 0 Å². The Morgan fingerprint density at radius 2 is 1.43 bits per heavy atom. The fraction of sp³-hybridized carbons (Fsp3) is 1.00. The summed E-state index contributed by atoms with van der Waals surface area (Å²) in [5, 5.41) is 0. The van der Waals surface area contributed by atoms with Crippen molar-refractivity contribution in [3.63, 3.8) is 0 Å². The van der Waals surface area contributed by atoms with Crippen LogP contribution in [0.15, 0.2) is 0 Å². The second kappa shape index (κ2) is 7.42. The van der Waals surface area contributed by atoms with Gasteiger partial charge in [0.1, 0.15) is 0 Å². The Bertz CT molecular complexity index is 387. The molecule has 1 atom stereocenters. The average molecular weight is 323 g/mol. The maximum absolute atomic E-state index is 10.6. The van der Waals surface area contributed by atoms with E-state index in [1.54, 1.807) is 0 Å². The zero-order chi connectivity index (χ0) is 17.1. The molecular weight excluding hydrogens is 288 g/mol. The first kappa shape index (κ1) is 20.9. The Morgan fingerprint density at radius 3 is 1.81 bits per heavy atom. The van der Waals surface area contributed by atoms with Crippen molar-refractivity contribution in [3.8, 4) is 0 Å². The molecule has 0 saturated carbocycles. The maximum Gasteiger partial charge on any atom is 0.257 e. The smallest absolute Gasteiger partial charge is 0.257 e. The van der Waals surface area contributed by atoms with Gasteiger partial charge in [-0.2, -0.15) is 0 Å². The summed E-state index contributed by atoms with van der Waals surface area (Å²) in [6.07, 6.45) is 1.05. The third kappa shape index (κ3) is 6.66. The van der Waals surface area contributed by atoms with Gasteiger partial charge in [0.25, 0.3) is 11.0 Å². The molecule has 5 heteroatoms. The normalized spacial score (nSPS) is 15.8. The van der Waals surface area contributed by atoms with Crippen LogP contribution in [0.4, 0.5) is 0 Å². The van der Waals surface area contributed by atoms with E-state index in [1.165, 1.54) is 0 Å². The van der Waals surface area contributed by atoms with Gasteiger partial charge in [-0.25, -0.2) is 8.42 Å². The molecule has 0 aromatic heterocycles. The van der Waals surface area contributed by atoms with Crippen molar-refractivity contribution >= 4 is 11.0 Å². The van der Waals surface area contributed by atoms with Crippen molar-refractivity contribution in [3.05, 3.63) is 0 Å². The van der Waals surface area contributed by atoms with E-state index < -0.39 is 22.0 Å². The van der Waals surface area contributed by atoms with Crippen LogP contribution in [-0.2, 0) is 19.9 Å². The van der Waals surface area contributed by atoms with Gasteiger partial charge in [0.05, 0.1) is 18.3 Å². The van der Waals surface area contributed by atoms with Gasteiger partial charge in [-0.05, 0) is 38.5 Å². The van der Waals surface area contributed by atoms with E-state index in [0.29, 0.717) is 5.92 Å². The van der Waals surface area contributed by atoms with Gasteiger partial charge in [0.15, 0.2) is 0 Å². The van der Waals surface area contributed by atoms with E-state index in [9.17, 15) is 8.42 Å².